The van der Waals surface area contributed by atoms with Crippen LogP contribution in [0.1, 0.15) is 17.3 Å². The predicted octanol–water partition coefficient (Wildman–Crippen LogP) is 3.25. The van der Waals surface area contributed by atoms with E-state index in [1.165, 1.54) is 0 Å². The van der Waals surface area contributed by atoms with Gasteiger partial charge in [-0.3, -0.25) is 9.59 Å². The van der Waals surface area contributed by atoms with Gasteiger partial charge in [0.25, 0.3) is 0 Å². The molecule has 0 saturated heterocycles. The maximum Gasteiger partial charge on any atom is 0.183 e. The van der Waals surface area contributed by atoms with Crippen LogP contribution in [0.15, 0.2) is 65.6 Å². The maximum absolute atomic E-state index is 12.9. The Hall–Kier alpha value is -2.26. The van der Waals surface area contributed by atoms with Crippen LogP contribution < -0.4 is 0 Å². The average molecular weight is 321 g/mol. The molecule has 0 saturated carbocycles. The van der Waals surface area contributed by atoms with E-state index in [1.54, 1.807) is 6.92 Å². The fraction of sp³-hybridized carbons (Fsp3) is 0.150. The average Bonchev–Trinajstić information content (AvgIpc) is 2.57. The lowest BCUT2D eigenvalue weighted by Crippen LogP contribution is -2.33. The van der Waals surface area contributed by atoms with E-state index >= 15 is 0 Å². The summed E-state index contributed by atoms with van der Waals surface area (Å²) in [5.41, 5.74) is 0.796. The second kappa shape index (κ2) is 5.43. The van der Waals surface area contributed by atoms with Crippen LogP contribution in [-0.2, 0) is 15.3 Å². The lowest BCUT2D eigenvalue weighted by molar-refractivity contribution is -0.114. The molecule has 2 unspecified atom stereocenters. The quantitative estimate of drug-likeness (QED) is 0.483. The van der Waals surface area contributed by atoms with Gasteiger partial charge in [0.05, 0.1) is 5.56 Å². The van der Waals surface area contributed by atoms with Gasteiger partial charge in [0.15, 0.2) is 11.6 Å². The van der Waals surface area contributed by atoms with Crippen LogP contribution in [0.4, 0.5) is 0 Å². The van der Waals surface area contributed by atoms with Crippen LogP contribution >= 0.6 is 0 Å². The van der Waals surface area contributed by atoms with E-state index in [1.807, 2.05) is 48.6 Å². The van der Waals surface area contributed by atoms with Crippen LogP contribution in [0.25, 0.3) is 10.8 Å². The van der Waals surface area contributed by atoms with Gasteiger partial charge in [0, 0.05) is 0 Å². The Morgan fingerprint density at radius 2 is 1.87 bits per heavy atom. The Morgan fingerprint density at radius 1 is 1.13 bits per heavy atom. The molecule has 2 atom stereocenters. The van der Waals surface area contributed by atoms with Crippen molar-refractivity contribution in [2.24, 2.45) is 5.92 Å². The number of ketones is 2. The van der Waals surface area contributed by atoms with Crippen molar-refractivity contribution in [3.63, 3.8) is 0 Å². The molecule has 3 heteroatoms. The van der Waals surface area contributed by atoms with Gasteiger partial charge in [0.2, 0.25) is 0 Å². The summed E-state index contributed by atoms with van der Waals surface area (Å²) in [6.45, 7) is 1.64. The Kier molecular flexibility index (Phi) is 3.38. The molecule has 2 aromatic rings. The molecule has 2 aliphatic rings. The van der Waals surface area contributed by atoms with Crippen LogP contribution in [0.2, 0.25) is 0 Å². The summed E-state index contributed by atoms with van der Waals surface area (Å²) in [6, 6.07) is 12.2. The molecule has 1 aliphatic carbocycles. The number of rotatable bonds is 2. The second-order valence-electron chi connectivity index (χ2n) is 6.02. The molecule has 0 spiro atoms. The first-order valence-corrected chi connectivity index (χ1v) is 9.23. The van der Waals surface area contributed by atoms with Gasteiger partial charge in [-0.2, -0.15) is 0 Å². The number of fused-ring (bicyclic) bond motifs is 3. The summed E-state index contributed by atoms with van der Waals surface area (Å²) in [5.74, 6) is 0.652. The number of allylic oxidation sites excluding steroid dienone is 4. The summed E-state index contributed by atoms with van der Waals surface area (Å²) >= 11 is 0. The van der Waals surface area contributed by atoms with Gasteiger partial charge in [-0.15, -0.1) is 0 Å². The lowest BCUT2D eigenvalue weighted by atomic mass is 9.90. The summed E-state index contributed by atoms with van der Waals surface area (Å²) < 4.78 is 0. The molecule has 1 aliphatic heterocycles. The first kappa shape index (κ1) is 14.3. The number of carbonyl (C=O) groups is 2. The molecule has 0 bridgehead atoms. The molecule has 23 heavy (non-hydrogen) atoms. The zero-order valence-electron chi connectivity index (χ0n) is 12.8. The number of carbonyl (C=O) groups excluding carboxylic acids is 2. The van der Waals surface area contributed by atoms with E-state index in [2.05, 4.69) is 12.1 Å². The molecule has 2 nitrogen and oxygen atoms in total. The van der Waals surface area contributed by atoms with Crippen LogP contribution in [0.5, 0.6) is 0 Å². The van der Waals surface area contributed by atoms with Gasteiger partial charge < -0.3 is 0 Å². The molecule has 2 aromatic carbocycles. The fourth-order valence-corrected chi connectivity index (χ4v) is 6.01. The van der Waals surface area contributed by atoms with Crippen molar-refractivity contribution in [2.45, 2.75) is 11.8 Å². The number of Topliss-reactive ketones (excluding diaryl/α,β-unsaturated/α-hetero) is 2. The Labute approximate surface area is 137 Å². The monoisotopic (exact) mass is 321 g/mol. The third-order valence-corrected chi connectivity index (χ3v) is 7.16. The van der Waals surface area contributed by atoms with Gasteiger partial charge in [-0.25, -0.2) is 0 Å². The van der Waals surface area contributed by atoms with Crippen molar-refractivity contribution in [3.05, 3.63) is 66.3 Å². The number of benzene rings is 2. The minimum Gasteiger partial charge on any atom is -0.295 e. The maximum atomic E-state index is 12.9. The van der Waals surface area contributed by atoms with E-state index < -0.39 is 10.5 Å². The van der Waals surface area contributed by atoms with Gasteiger partial charge in [-0.05, 0) is 35.9 Å². The van der Waals surface area contributed by atoms with Crippen molar-refractivity contribution in [3.8, 4) is 0 Å². The van der Waals surface area contributed by atoms with Crippen molar-refractivity contribution in [2.75, 3.05) is 5.75 Å². The zero-order chi connectivity index (χ0) is 16.0. The number of thiol groups is 1. The summed E-state index contributed by atoms with van der Waals surface area (Å²) in [7, 11) is -0.776. The summed E-state index contributed by atoms with van der Waals surface area (Å²) in [4.78, 5) is 26.9. The molecule has 1 heterocycles. The third kappa shape index (κ3) is 2.32. The van der Waals surface area contributed by atoms with Crippen LogP contribution in [0, 0.1) is 5.92 Å². The summed E-state index contributed by atoms with van der Waals surface area (Å²) in [5, 5.41) is 2.21. The fourth-order valence-electron chi connectivity index (χ4n) is 3.37. The smallest absolute Gasteiger partial charge is 0.183 e. The molecular weight excluding hydrogens is 304 g/mol. The van der Waals surface area contributed by atoms with Crippen LogP contribution in [0.3, 0.4) is 0 Å². The van der Waals surface area contributed by atoms with Crippen molar-refractivity contribution < 1.29 is 9.59 Å². The van der Waals surface area contributed by atoms with E-state index in [4.69, 9.17) is 0 Å². The Balaban J connectivity index is 2.04. The van der Waals surface area contributed by atoms with Gasteiger partial charge >= 0.3 is 0 Å². The highest BCUT2D eigenvalue weighted by atomic mass is 32.2. The minimum atomic E-state index is -0.776. The molecule has 0 radical (unpaired) electrons. The molecular formula is C20H17O2S+. The Bertz CT molecular complexity index is 947. The third-order valence-electron chi connectivity index (χ3n) is 4.40. The molecule has 0 amide bonds. The topological polar surface area (TPSA) is 34.1 Å². The number of hydrogen-bond acceptors (Lipinski definition) is 2. The highest BCUT2D eigenvalue weighted by Gasteiger charge is 2.37. The van der Waals surface area contributed by atoms with E-state index in [0.717, 1.165) is 26.1 Å². The van der Waals surface area contributed by atoms with E-state index in [0.29, 0.717) is 5.75 Å². The second-order valence-corrected chi connectivity index (χ2v) is 8.19. The molecule has 0 fully saturated rings. The summed E-state index contributed by atoms with van der Waals surface area (Å²) in [6.07, 6.45) is 7.90. The van der Waals surface area contributed by atoms with Crippen molar-refractivity contribution in [1.29, 1.82) is 0 Å². The molecule has 0 N–H and O–H groups in total. The Morgan fingerprint density at radius 3 is 2.61 bits per heavy atom. The highest BCUT2D eigenvalue weighted by Crippen LogP contribution is 2.32. The van der Waals surface area contributed by atoms with E-state index in [-0.39, 0.29) is 17.5 Å². The largest absolute Gasteiger partial charge is 0.295 e. The first-order valence-electron chi connectivity index (χ1n) is 7.71. The standard InChI is InChI=1S/C20H16O2S/c1-13(21)12-23-18-9-5-4-8-16(18)20(22)17-10-14-6-2-3-7-15(14)11-19(17)23/h2-11,16H,12H2,1H3/p+1. The normalized spacial score (nSPS) is 22.1. The lowest BCUT2D eigenvalue weighted by Gasteiger charge is -2.23. The van der Waals surface area contributed by atoms with E-state index in [9.17, 15) is 9.59 Å². The van der Waals surface area contributed by atoms with Gasteiger partial charge in [-0.1, -0.05) is 53.0 Å². The minimum absolute atomic E-state index is 0.156. The van der Waals surface area contributed by atoms with Crippen molar-refractivity contribution in [1.82, 2.24) is 0 Å². The zero-order valence-corrected chi connectivity index (χ0v) is 13.7. The molecule has 114 valence electrons. The number of hydrogen-bond donors (Lipinski definition) is 0. The highest BCUT2D eigenvalue weighted by molar-refractivity contribution is 7.97. The predicted molar refractivity (Wildman–Crippen MR) is 97.6 cm³/mol. The van der Waals surface area contributed by atoms with Gasteiger partial charge in [0.1, 0.15) is 21.4 Å². The SMILES string of the molecule is CC(=O)C[SH+]1=C2C=CC=CC2C(=O)c2cc3ccccc3cc21. The van der Waals surface area contributed by atoms with Crippen LogP contribution in [-0.4, -0.2) is 22.2 Å². The molecule has 0 aromatic heterocycles. The molecule has 4 rings (SSSR count). The van der Waals surface area contributed by atoms with Crippen molar-refractivity contribution >= 4 is 37.7 Å². The first-order chi connectivity index (χ1) is 11.1.